The normalized spacial score (nSPS) is 24.5. The van der Waals surface area contributed by atoms with Crippen molar-refractivity contribution >= 4 is 5.91 Å². The number of hydrogen-bond acceptors (Lipinski definition) is 4. The lowest BCUT2D eigenvalue weighted by Gasteiger charge is -2.26. The van der Waals surface area contributed by atoms with Crippen LogP contribution in [0.5, 0.6) is 0 Å². The van der Waals surface area contributed by atoms with E-state index in [2.05, 4.69) is 15.3 Å². The molecule has 2 aliphatic heterocycles. The molecule has 6 nitrogen and oxygen atoms in total. The fraction of sp³-hybridized carbons (Fsp3) is 0.412. The van der Waals surface area contributed by atoms with E-state index in [9.17, 15) is 9.18 Å². The zero-order valence-electron chi connectivity index (χ0n) is 13.2. The maximum absolute atomic E-state index is 13.3. The maximum atomic E-state index is 13.3. The highest BCUT2D eigenvalue weighted by atomic mass is 19.1. The van der Waals surface area contributed by atoms with Crippen LogP contribution in [-0.4, -0.2) is 52.9 Å². The minimum absolute atomic E-state index is 0.0308. The number of hydrogen-bond donors (Lipinski definition) is 1. The average Bonchev–Trinajstić information content (AvgIpc) is 2.86. The van der Waals surface area contributed by atoms with E-state index in [1.54, 1.807) is 16.9 Å². The van der Waals surface area contributed by atoms with Gasteiger partial charge in [0.25, 0.3) is 0 Å². The topological polar surface area (TPSA) is 59.4 Å². The second-order valence-corrected chi connectivity index (χ2v) is 6.41. The van der Waals surface area contributed by atoms with Gasteiger partial charge in [0.05, 0.1) is 37.1 Å². The highest BCUT2D eigenvalue weighted by Gasteiger charge is 2.33. The van der Waals surface area contributed by atoms with Crippen LogP contribution in [0.15, 0.2) is 36.7 Å². The molecule has 0 saturated carbocycles. The highest BCUT2D eigenvalue weighted by Crippen LogP contribution is 2.17. The molecule has 1 amide bonds. The van der Waals surface area contributed by atoms with Gasteiger partial charge in [-0.05, 0) is 18.2 Å². The molecule has 126 valence electrons. The summed E-state index contributed by atoms with van der Waals surface area (Å²) in [5.41, 5.74) is 1.73. The van der Waals surface area contributed by atoms with Crippen LogP contribution in [0, 0.1) is 11.7 Å². The Bertz CT molecular complexity index is 748. The predicted molar refractivity (Wildman–Crippen MR) is 85.0 cm³/mol. The van der Waals surface area contributed by atoms with Crippen LogP contribution in [0.3, 0.4) is 0 Å². The summed E-state index contributed by atoms with van der Waals surface area (Å²) in [7, 11) is 0. The lowest BCUT2D eigenvalue weighted by atomic mass is 10.1. The summed E-state index contributed by atoms with van der Waals surface area (Å²) in [5.74, 6) is -0.333. The Hall–Kier alpha value is -2.25. The Labute approximate surface area is 139 Å². The molecule has 0 unspecified atom stereocenters. The second-order valence-electron chi connectivity index (χ2n) is 6.41. The molecule has 24 heavy (non-hydrogen) atoms. The number of benzene rings is 1. The Morgan fingerprint density at radius 3 is 3.12 bits per heavy atom. The summed E-state index contributed by atoms with van der Waals surface area (Å²) < 4.78 is 20.6. The molecule has 3 heterocycles. The van der Waals surface area contributed by atoms with E-state index in [-0.39, 0.29) is 23.7 Å². The molecule has 4 rings (SSSR count). The molecule has 2 aromatic rings. The number of carbonyl (C=O) groups is 1. The number of amides is 1. The van der Waals surface area contributed by atoms with Crippen molar-refractivity contribution in [3.05, 3.63) is 48.0 Å². The molecular formula is C17H19FN4O2. The smallest absolute Gasteiger partial charge is 0.227 e. The van der Waals surface area contributed by atoms with Gasteiger partial charge in [-0.15, -0.1) is 0 Å². The molecule has 2 fully saturated rings. The van der Waals surface area contributed by atoms with Crippen molar-refractivity contribution in [1.29, 1.82) is 0 Å². The van der Waals surface area contributed by atoms with Gasteiger partial charge >= 0.3 is 0 Å². The van der Waals surface area contributed by atoms with Crippen LogP contribution in [0.1, 0.15) is 5.56 Å². The van der Waals surface area contributed by atoms with Crippen molar-refractivity contribution in [3.63, 3.8) is 0 Å². The molecule has 0 radical (unpaired) electrons. The molecule has 1 N–H and O–H groups in total. The van der Waals surface area contributed by atoms with Gasteiger partial charge in [-0.1, -0.05) is 6.07 Å². The Morgan fingerprint density at radius 2 is 2.25 bits per heavy atom. The van der Waals surface area contributed by atoms with E-state index < -0.39 is 0 Å². The lowest BCUT2D eigenvalue weighted by molar-refractivity contribution is -0.125. The first kappa shape index (κ1) is 15.3. The molecule has 1 aromatic heterocycles. The third kappa shape index (κ3) is 3.18. The standard InChI is InChI=1S/C17H19FN4O2/c18-14-2-1-3-16(4-14)22-7-12(5-19-22)6-21-8-13-10-24-11-15(9-21)20-17(13)23/h1-5,7,13,15H,6,8-11H2,(H,20,23)/t13-,15+/m1/s1. The van der Waals surface area contributed by atoms with E-state index in [1.807, 2.05) is 12.3 Å². The molecule has 1 aromatic carbocycles. The van der Waals surface area contributed by atoms with Gasteiger partial charge in [-0.25, -0.2) is 9.07 Å². The van der Waals surface area contributed by atoms with Crippen molar-refractivity contribution in [2.24, 2.45) is 5.92 Å². The molecule has 7 heteroatoms. The number of fused-ring (bicyclic) bond motifs is 3. The summed E-state index contributed by atoms with van der Waals surface area (Å²) >= 11 is 0. The third-order valence-corrected chi connectivity index (χ3v) is 4.43. The highest BCUT2D eigenvalue weighted by molar-refractivity contribution is 5.79. The van der Waals surface area contributed by atoms with E-state index in [4.69, 9.17) is 4.74 Å². The summed E-state index contributed by atoms with van der Waals surface area (Å²) in [6.07, 6.45) is 3.69. The average molecular weight is 330 g/mol. The third-order valence-electron chi connectivity index (χ3n) is 4.43. The fourth-order valence-corrected chi connectivity index (χ4v) is 3.31. The molecule has 2 bridgehead atoms. The van der Waals surface area contributed by atoms with Crippen LogP contribution in [0.2, 0.25) is 0 Å². The molecular weight excluding hydrogens is 311 g/mol. The molecule has 2 aliphatic rings. The fourth-order valence-electron chi connectivity index (χ4n) is 3.31. The minimum Gasteiger partial charge on any atom is -0.378 e. The number of aromatic nitrogens is 2. The quantitative estimate of drug-likeness (QED) is 0.911. The lowest BCUT2D eigenvalue weighted by Crippen LogP contribution is -2.41. The van der Waals surface area contributed by atoms with Crippen LogP contribution < -0.4 is 5.32 Å². The summed E-state index contributed by atoms with van der Waals surface area (Å²) in [6, 6.07) is 6.38. The van der Waals surface area contributed by atoms with Crippen LogP contribution in [-0.2, 0) is 16.1 Å². The minimum atomic E-state index is -0.283. The van der Waals surface area contributed by atoms with Crippen LogP contribution in [0.4, 0.5) is 4.39 Å². The molecule has 0 aliphatic carbocycles. The maximum Gasteiger partial charge on any atom is 0.227 e. The zero-order chi connectivity index (χ0) is 16.5. The molecule has 0 spiro atoms. The van der Waals surface area contributed by atoms with Gasteiger partial charge in [0.15, 0.2) is 0 Å². The van der Waals surface area contributed by atoms with Crippen molar-refractivity contribution in [2.45, 2.75) is 12.6 Å². The van der Waals surface area contributed by atoms with Gasteiger partial charge in [-0.2, -0.15) is 5.10 Å². The van der Waals surface area contributed by atoms with Crippen molar-refractivity contribution in [3.8, 4) is 5.69 Å². The summed E-state index contributed by atoms with van der Waals surface area (Å²) in [6.45, 7) is 3.17. The van der Waals surface area contributed by atoms with E-state index in [1.165, 1.54) is 12.1 Å². The van der Waals surface area contributed by atoms with Crippen molar-refractivity contribution < 1.29 is 13.9 Å². The molecule has 2 saturated heterocycles. The van der Waals surface area contributed by atoms with Crippen LogP contribution in [0.25, 0.3) is 5.69 Å². The Morgan fingerprint density at radius 1 is 1.33 bits per heavy atom. The van der Waals surface area contributed by atoms with Gasteiger partial charge in [0.2, 0.25) is 5.91 Å². The number of carbonyl (C=O) groups excluding carboxylic acids is 1. The Kier molecular flexibility index (Phi) is 4.03. The SMILES string of the molecule is O=C1N[C@@H]2COC[C@H]1CN(Cc1cnn(-c3cccc(F)c3)c1)C2. The number of halogens is 1. The largest absolute Gasteiger partial charge is 0.378 e. The monoisotopic (exact) mass is 330 g/mol. The van der Waals surface area contributed by atoms with Crippen LogP contribution >= 0.6 is 0 Å². The Balaban J connectivity index is 1.49. The van der Waals surface area contributed by atoms with E-state index in [0.717, 1.165) is 12.1 Å². The number of ether oxygens (including phenoxy) is 1. The van der Waals surface area contributed by atoms with Crippen molar-refractivity contribution in [2.75, 3.05) is 26.3 Å². The number of nitrogens with one attached hydrogen (secondary N) is 1. The summed E-state index contributed by atoms with van der Waals surface area (Å²) in [5, 5.41) is 7.35. The van der Waals surface area contributed by atoms with Crippen molar-refractivity contribution in [1.82, 2.24) is 20.0 Å². The molecule has 2 atom stereocenters. The zero-order valence-corrected chi connectivity index (χ0v) is 13.2. The first-order valence-corrected chi connectivity index (χ1v) is 8.07. The van der Waals surface area contributed by atoms with E-state index in [0.29, 0.717) is 32.0 Å². The number of nitrogens with zero attached hydrogens (tertiary/aromatic N) is 3. The van der Waals surface area contributed by atoms with Gasteiger partial charge < -0.3 is 10.1 Å². The number of rotatable bonds is 3. The van der Waals surface area contributed by atoms with E-state index >= 15 is 0 Å². The second kappa shape index (κ2) is 6.33. The van der Waals surface area contributed by atoms with Gasteiger partial charge in [0.1, 0.15) is 5.82 Å². The predicted octanol–water partition coefficient (Wildman–Crippen LogP) is 0.958. The first-order valence-electron chi connectivity index (χ1n) is 8.07. The van der Waals surface area contributed by atoms with Gasteiger partial charge in [0, 0.05) is 31.4 Å². The van der Waals surface area contributed by atoms with Gasteiger partial charge in [-0.3, -0.25) is 9.69 Å². The first-order chi connectivity index (χ1) is 11.7. The summed E-state index contributed by atoms with van der Waals surface area (Å²) in [4.78, 5) is 14.3.